The summed E-state index contributed by atoms with van der Waals surface area (Å²) in [4.78, 5) is 37.5. The lowest BCUT2D eigenvalue weighted by Gasteiger charge is -2.24. The maximum Gasteiger partial charge on any atom is 0.410 e. The number of nitrogens with one attached hydrogen (secondary N) is 2. The van der Waals surface area contributed by atoms with Gasteiger partial charge in [0.15, 0.2) is 5.65 Å². The van der Waals surface area contributed by atoms with Gasteiger partial charge in [-0.15, -0.1) is 0 Å². The van der Waals surface area contributed by atoms with Crippen molar-refractivity contribution in [3.63, 3.8) is 0 Å². The van der Waals surface area contributed by atoms with Gasteiger partial charge >= 0.3 is 6.09 Å². The summed E-state index contributed by atoms with van der Waals surface area (Å²) in [6.07, 6.45) is 5.07. The van der Waals surface area contributed by atoms with Crippen molar-refractivity contribution in [3.05, 3.63) is 117 Å². The first kappa shape index (κ1) is 28.1. The Morgan fingerprint density at radius 3 is 2.53 bits per heavy atom. The van der Waals surface area contributed by atoms with Crippen LogP contribution in [0.15, 0.2) is 72.0 Å². The predicted molar refractivity (Wildman–Crippen MR) is 160 cm³/mol. The molecule has 220 valence electrons. The standard InChI is InChI=1S/C32H32FN7O3/c1-32(2,3)43-31(42)39-16-24-12-23(27(33)13-25(24)17-39)14-35-28-26-18-40(38-29(26)37-19-36-28)15-21-8-6-20(7-9-21)11-22-5-4-10-34-30(22)41/h4-10,12-13,18-19H,11,14-17H2,1-3H3,(H,34,41)(H,35,36,37,38). The Morgan fingerprint density at radius 2 is 1.79 bits per heavy atom. The molecule has 4 heterocycles. The number of anilines is 1. The van der Waals surface area contributed by atoms with Crippen LogP contribution in [0.2, 0.25) is 0 Å². The van der Waals surface area contributed by atoms with Crippen LogP contribution < -0.4 is 10.9 Å². The van der Waals surface area contributed by atoms with Crippen molar-refractivity contribution in [2.75, 3.05) is 5.32 Å². The van der Waals surface area contributed by atoms with Crippen molar-refractivity contribution in [2.45, 2.75) is 59.0 Å². The van der Waals surface area contributed by atoms with E-state index in [9.17, 15) is 9.59 Å². The summed E-state index contributed by atoms with van der Waals surface area (Å²) >= 11 is 0. The van der Waals surface area contributed by atoms with E-state index in [0.717, 1.165) is 33.2 Å². The SMILES string of the molecule is CC(C)(C)OC(=O)N1Cc2cc(F)c(CNc3ncnc4nn(Cc5ccc(Cc6ccc[nH]c6=O)cc5)cc34)cc2C1. The van der Waals surface area contributed by atoms with Gasteiger partial charge in [0.05, 0.1) is 11.9 Å². The summed E-state index contributed by atoms with van der Waals surface area (Å²) < 4.78 is 22.3. The number of halogens is 1. The summed E-state index contributed by atoms with van der Waals surface area (Å²) in [6, 6.07) is 15.0. The highest BCUT2D eigenvalue weighted by molar-refractivity contribution is 5.85. The van der Waals surface area contributed by atoms with Crippen molar-refractivity contribution < 1.29 is 13.9 Å². The van der Waals surface area contributed by atoms with E-state index in [0.29, 0.717) is 43.1 Å². The van der Waals surface area contributed by atoms with E-state index in [1.54, 1.807) is 21.8 Å². The number of aromatic amines is 1. The van der Waals surface area contributed by atoms with Crippen molar-refractivity contribution in [1.82, 2.24) is 29.6 Å². The van der Waals surface area contributed by atoms with E-state index in [1.165, 1.54) is 12.4 Å². The molecule has 0 fully saturated rings. The number of nitrogens with zero attached hydrogens (tertiary/aromatic N) is 5. The second-order valence-electron chi connectivity index (χ2n) is 11.7. The summed E-state index contributed by atoms with van der Waals surface area (Å²) in [5.41, 5.74) is 4.80. The Kier molecular flexibility index (Phi) is 7.39. The molecule has 2 aromatic carbocycles. The van der Waals surface area contributed by atoms with E-state index < -0.39 is 11.7 Å². The molecule has 6 rings (SSSR count). The molecule has 0 unspecified atom stereocenters. The van der Waals surface area contributed by atoms with Gasteiger partial charge in [0.25, 0.3) is 5.56 Å². The van der Waals surface area contributed by atoms with E-state index in [1.807, 2.05) is 63.4 Å². The summed E-state index contributed by atoms with van der Waals surface area (Å²) in [6.45, 7) is 6.87. The number of pyridine rings is 1. The average Bonchev–Trinajstić information content (AvgIpc) is 3.57. The van der Waals surface area contributed by atoms with Gasteiger partial charge in [-0.1, -0.05) is 30.3 Å². The number of H-pyrrole nitrogens is 1. The minimum atomic E-state index is -0.598. The van der Waals surface area contributed by atoms with Crippen LogP contribution in [0.25, 0.3) is 11.0 Å². The highest BCUT2D eigenvalue weighted by Gasteiger charge is 2.28. The van der Waals surface area contributed by atoms with Crippen molar-refractivity contribution in [2.24, 2.45) is 0 Å². The Morgan fingerprint density at radius 1 is 1.05 bits per heavy atom. The molecule has 0 bridgehead atoms. The van der Waals surface area contributed by atoms with Gasteiger partial charge in [0.2, 0.25) is 0 Å². The first-order valence-electron chi connectivity index (χ1n) is 14.1. The van der Waals surface area contributed by atoms with Gasteiger partial charge in [-0.25, -0.2) is 19.2 Å². The summed E-state index contributed by atoms with van der Waals surface area (Å²) in [5.74, 6) is 0.202. The minimum Gasteiger partial charge on any atom is -0.444 e. The molecule has 2 N–H and O–H groups in total. The third kappa shape index (κ3) is 6.40. The van der Waals surface area contributed by atoms with Crippen LogP contribution in [0, 0.1) is 5.82 Å². The molecule has 11 heteroatoms. The van der Waals surface area contributed by atoms with Crippen molar-refractivity contribution in [3.8, 4) is 0 Å². The Balaban J connectivity index is 1.12. The molecule has 43 heavy (non-hydrogen) atoms. The minimum absolute atomic E-state index is 0.0796. The molecule has 1 amide bonds. The third-order valence-corrected chi connectivity index (χ3v) is 7.22. The molecule has 0 radical (unpaired) electrons. The van der Waals surface area contributed by atoms with E-state index >= 15 is 4.39 Å². The maximum absolute atomic E-state index is 15.0. The van der Waals surface area contributed by atoms with E-state index in [4.69, 9.17) is 4.74 Å². The summed E-state index contributed by atoms with van der Waals surface area (Å²) in [7, 11) is 0. The van der Waals surface area contributed by atoms with Crippen molar-refractivity contribution in [1.29, 1.82) is 0 Å². The average molecular weight is 582 g/mol. The molecular formula is C32H32FN7O3. The number of ether oxygens (including phenoxy) is 1. The maximum atomic E-state index is 15.0. The van der Waals surface area contributed by atoms with Gasteiger partial charge in [-0.2, -0.15) is 5.10 Å². The Hall–Kier alpha value is -5.06. The number of aromatic nitrogens is 5. The molecule has 10 nitrogen and oxygen atoms in total. The lowest BCUT2D eigenvalue weighted by atomic mass is 10.0. The van der Waals surface area contributed by atoms with Crippen LogP contribution in [0.5, 0.6) is 0 Å². The van der Waals surface area contributed by atoms with E-state index in [-0.39, 0.29) is 17.9 Å². The number of carbonyl (C=O) groups excluding carboxylic acids is 1. The zero-order chi connectivity index (χ0) is 30.1. The molecule has 1 aliphatic rings. The van der Waals surface area contributed by atoms with Crippen LogP contribution in [0.1, 0.15) is 54.2 Å². The Bertz CT molecular complexity index is 1860. The lowest BCUT2D eigenvalue weighted by molar-refractivity contribution is 0.0241. The first-order valence-corrected chi connectivity index (χ1v) is 14.1. The number of hydrogen-bond acceptors (Lipinski definition) is 7. The molecule has 0 aliphatic carbocycles. The first-order chi connectivity index (χ1) is 20.6. The fraction of sp³-hybridized carbons (Fsp3) is 0.281. The molecule has 3 aromatic heterocycles. The van der Waals surface area contributed by atoms with Crippen LogP contribution in [0.3, 0.4) is 0 Å². The van der Waals surface area contributed by atoms with Crippen LogP contribution in [0.4, 0.5) is 15.0 Å². The van der Waals surface area contributed by atoms with Gasteiger partial charge < -0.3 is 15.0 Å². The number of benzene rings is 2. The summed E-state index contributed by atoms with van der Waals surface area (Å²) in [5, 5.41) is 8.55. The fourth-order valence-electron chi connectivity index (χ4n) is 5.11. The van der Waals surface area contributed by atoms with Gasteiger partial charge in [-0.05, 0) is 61.2 Å². The molecule has 0 spiro atoms. The largest absolute Gasteiger partial charge is 0.444 e. The van der Waals surface area contributed by atoms with Gasteiger partial charge in [0, 0.05) is 49.6 Å². The number of carbonyl (C=O) groups is 1. The van der Waals surface area contributed by atoms with Crippen LogP contribution >= 0.6 is 0 Å². The number of hydrogen-bond donors (Lipinski definition) is 2. The number of fused-ring (bicyclic) bond motifs is 2. The predicted octanol–water partition coefficient (Wildman–Crippen LogP) is 5.16. The molecule has 0 saturated heterocycles. The second kappa shape index (κ2) is 11.3. The molecular weight excluding hydrogens is 549 g/mol. The van der Waals surface area contributed by atoms with Crippen LogP contribution in [-0.4, -0.2) is 41.3 Å². The monoisotopic (exact) mass is 581 g/mol. The highest BCUT2D eigenvalue weighted by atomic mass is 19.1. The van der Waals surface area contributed by atoms with Crippen molar-refractivity contribution >= 4 is 22.9 Å². The topological polar surface area (TPSA) is 118 Å². The molecule has 0 atom stereocenters. The number of amides is 1. The van der Waals surface area contributed by atoms with Gasteiger partial charge in [-0.3, -0.25) is 14.4 Å². The van der Waals surface area contributed by atoms with E-state index in [2.05, 4.69) is 25.4 Å². The normalized spacial score (nSPS) is 12.9. The lowest BCUT2D eigenvalue weighted by Crippen LogP contribution is -2.33. The molecule has 5 aromatic rings. The smallest absolute Gasteiger partial charge is 0.410 e. The fourth-order valence-corrected chi connectivity index (χ4v) is 5.11. The molecule has 0 saturated carbocycles. The zero-order valence-corrected chi connectivity index (χ0v) is 24.2. The van der Waals surface area contributed by atoms with Gasteiger partial charge in [0.1, 0.15) is 23.6 Å². The molecule has 1 aliphatic heterocycles. The quantitative estimate of drug-likeness (QED) is 0.273. The van der Waals surface area contributed by atoms with Crippen LogP contribution in [-0.2, 0) is 37.3 Å². The Labute approximate surface area is 247 Å². The third-order valence-electron chi connectivity index (χ3n) is 7.22. The zero-order valence-electron chi connectivity index (χ0n) is 24.2. The second-order valence-corrected chi connectivity index (χ2v) is 11.7. The highest BCUT2D eigenvalue weighted by Crippen LogP contribution is 2.28. The number of rotatable bonds is 7.